The summed E-state index contributed by atoms with van der Waals surface area (Å²) in [6, 6.07) is 18.3. The smallest absolute Gasteiger partial charge is 0.274 e. The molecule has 28 heavy (non-hydrogen) atoms. The van der Waals surface area contributed by atoms with Gasteiger partial charge in [0.1, 0.15) is 5.82 Å². The molecule has 1 aliphatic carbocycles. The van der Waals surface area contributed by atoms with Crippen LogP contribution in [0, 0.1) is 11.3 Å². The summed E-state index contributed by atoms with van der Waals surface area (Å²) in [6.07, 6.45) is 5.05. The van der Waals surface area contributed by atoms with Crippen LogP contribution in [0.4, 0.5) is 0 Å². The summed E-state index contributed by atoms with van der Waals surface area (Å²) in [5, 5.41) is 13.9. The molecule has 1 heterocycles. The normalized spacial score (nSPS) is 13.4. The molecule has 1 fully saturated rings. The quantitative estimate of drug-likeness (QED) is 0.621. The molecule has 0 unspecified atom stereocenters. The van der Waals surface area contributed by atoms with Crippen LogP contribution in [0.5, 0.6) is 0 Å². The zero-order chi connectivity index (χ0) is 19.5. The van der Waals surface area contributed by atoms with E-state index >= 15 is 0 Å². The molecule has 0 amide bonds. The number of aromatic nitrogens is 3. The average molecular weight is 372 g/mol. The minimum atomic E-state index is 0.00695. The van der Waals surface area contributed by atoms with E-state index in [1.54, 1.807) is 4.68 Å². The molecule has 0 N–H and O–H groups in total. The lowest BCUT2D eigenvalue weighted by molar-refractivity contribution is 0.599. The number of hydrogen-bond acceptors (Lipinski definition) is 3. The van der Waals surface area contributed by atoms with Gasteiger partial charge in [0.2, 0.25) is 0 Å². The van der Waals surface area contributed by atoms with Crippen molar-refractivity contribution >= 4 is 0 Å². The van der Waals surface area contributed by atoms with Crippen molar-refractivity contribution in [2.75, 3.05) is 0 Å². The summed E-state index contributed by atoms with van der Waals surface area (Å²) >= 11 is 0. The second-order valence-electron chi connectivity index (χ2n) is 7.42. The van der Waals surface area contributed by atoms with Crippen LogP contribution in [-0.2, 0) is 13.0 Å². The third-order valence-electron chi connectivity index (χ3n) is 5.26. The van der Waals surface area contributed by atoms with Gasteiger partial charge in [-0.05, 0) is 42.0 Å². The maximum atomic E-state index is 12.8. The van der Waals surface area contributed by atoms with Crippen molar-refractivity contribution in [3.8, 4) is 17.2 Å². The van der Waals surface area contributed by atoms with E-state index < -0.39 is 0 Å². The fraction of sp³-hybridized carbons (Fsp3) is 0.348. The highest BCUT2D eigenvalue weighted by Crippen LogP contribution is 2.33. The fourth-order valence-corrected chi connectivity index (χ4v) is 3.50. The summed E-state index contributed by atoms with van der Waals surface area (Å²) in [5.74, 6) is 0.887. The van der Waals surface area contributed by atoms with Crippen molar-refractivity contribution in [1.82, 2.24) is 14.3 Å². The number of hydrogen-bond donors (Lipinski definition) is 0. The van der Waals surface area contributed by atoms with Crippen LogP contribution in [0.2, 0.25) is 0 Å². The number of benzene rings is 2. The van der Waals surface area contributed by atoms with Crippen LogP contribution in [0.3, 0.4) is 0 Å². The maximum absolute atomic E-state index is 12.8. The van der Waals surface area contributed by atoms with Gasteiger partial charge in [0.15, 0.2) is 0 Å². The lowest BCUT2D eigenvalue weighted by Gasteiger charge is -2.08. The van der Waals surface area contributed by atoms with Gasteiger partial charge < -0.3 is 0 Å². The zero-order valence-corrected chi connectivity index (χ0v) is 16.1. The van der Waals surface area contributed by atoms with Crippen LogP contribution >= 0.6 is 0 Å². The molecule has 4 rings (SSSR count). The lowest BCUT2D eigenvalue weighted by atomic mass is 9.99. The number of nitrogens with zero attached hydrogens (tertiary/aromatic N) is 4. The van der Waals surface area contributed by atoms with Crippen molar-refractivity contribution in [2.45, 2.75) is 51.6 Å². The lowest BCUT2D eigenvalue weighted by Crippen LogP contribution is -2.25. The molecule has 0 aliphatic heterocycles. The van der Waals surface area contributed by atoms with E-state index in [9.17, 15) is 10.1 Å². The molecule has 5 heteroatoms. The monoisotopic (exact) mass is 372 g/mol. The topological polar surface area (TPSA) is 63.6 Å². The minimum absolute atomic E-state index is 0.00695. The number of unbranched alkanes of at least 4 members (excludes halogenated alkanes) is 1. The molecular formula is C23H24N4O. The summed E-state index contributed by atoms with van der Waals surface area (Å²) in [4.78, 5) is 12.8. The van der Waals surface area contributed by atoms with Gasteiger partial charge in [0.05, 0.1) is 24.2 Å². The highest BCUT2D eigenvalue weighted by Gasteiger charge is 2.28. The molecule has 0 saturated heterocycles. The first-order chi connectivity index (χ1) is 13.7. The Hall–Kier alpha value is -3.13. The van der Waals surface area contributed by atoms with E-state index in [1.165, 1.54) is 0 Å². The maximum Gasteiger partial charge on any atom is 0.346 e. The predicted octanol–water partition coefficient (Wildman–Crippen LogP) is 4.31. The van der Waals surface area contributed by atoms with Gasteiger partial charge in [-0.25, -0.2) is 9.48 Å². The molecule has 1 aromatic heterocycles. The van der Waals surface area contributed by atoms with Crippen molar-refractivity contribution in [3.63, 3.8) is 0 Å². The van der Waals surface area contributed by atoms with Crippen LogP contribution in [-0.4, -0.2) is 14.3 Å². The molecule has 1 aliphatic rings. The van der Waals surface area contributed by atoms with Crippen LogP contribution in [0.25, 0.3) is 11.1 Å². The molecule has 142 valence electrons. The molecule has 3 aromatic rings. The van der Waals surface area contributed by atoms with Gasteiger partial charge in [0.25, 0.3) is 0 Å². The van der Waals surface area contributed by atoms with Crippen LogP contribution in [0.15, 0.2) is 53.3 Å². The standard InChI is InChI=1S/C23H24N4O/c1-2-3-8-22-25-27(20-13-14-20)23(28)26(22)16-17-9-11-18(12-10-17)21-7-5-4-6-19(21)15-24/h4-7,9-12,20H,2-3,8,13-14,16H2,1H3. The Balaban J connectivity index is 1.61. The molecular weight excluding hydrogens is 348 g/mol. The van der Waals surface area contributed by atoms with Crippen LogP contribution < -0.4 is 5.69 Å². The Labute approximate surface area is 164 Å². The third kappa shape index (κ3) is 3.63. The molecule has 2 aromatic carbocycles. The summed E-state index contributed by atoms with van der Waals surface area (Å²) in [5.41, 5.74) is 3.67. The van der Waals surface area contributed by atoms with Gasteiger partial charge >= 0.3 is 5.69 Å². The minimum Gasteiger partial charge on any atom is -0.274 e. The third-order valence-corrected chi connectivity index (χ3v) is 5.26. The Morgan fingerprint density at radius 2 is 1.89 bits per heavy atom. The van der Waals surface area contributed by atoms with Crippen molar-refractivity contribution in [1.29, 1.82) is 5.26 Å². The highest BCUT2D eigenvalue weighted by atomic mass is 16.2. The Morgan fingerprint density at radius 1 is 1.14 bits per heavy atom. The molecule has 1 saturated carbocycles. The average Bonchev–Trinajstić information content (AvgIpc) is 3.53. The van der Waals surface area contributed by atoms with Crippen LogP contribution in [0.1, 0.15) is 55.6 Å². The summed E-state index contributed by atoms with van der Waals surface area (Å²) < 4.78 is 3.51. The summed E-state index contributed by atoms with van der Waals surface area (Å²) in [6.45, 7) is 2.68. The second-order valence-corrected chi connectivity index (χ2v) is 7.42. The van der Waals surface area contributed by atoms with E-state index in [0.29, 0.717) is 18.2 Å². The first-order valence-electron chi connectivity index (χ1n) is 9.98. The zero-order valence-electron chi connectivity index (χ0n) is 16.1. The van der Waals surface area contributed by atoms with E-state index in [1.807, 2.05) is 53.1 Å². The van der Waals surface area contributed by atoms with Crippen molar-refractivity contribution in [2.24, 2.45) is 0 Å². The van der Waals surface area contributed by atoms with E-state index in [-0.39, 0.29) is 5.69 Å². The van der Waals surface area contributed by atoms with Crippen molar-refractivity contribution < 1.29 is 0 Å². The van der Waals surface area contributed by atoms with E-state index in [2.05, 4.69) is 18.1 Å². The number of aryl methyl sites for hydroxylation is 1. The fourth-order valence-electron chi connectivity index (χ4n) is 3.50. The molecule has 5 nitrogen and oxygen atoms in total. The number of nitriles is 1. The largest absolute Gasteiger partial charge is 0.346 e. The van der Waals surface area contributed by atoms with Gasteiger partial charge in [-0.15, -0.1) is 0 Å². The molecule has 0 bridgehead atoms. The molecule has 0 spiro atoms. The van der Waals surface area contributed by atoms with Gasteiger partial charge in [-0.3, -0.25) is 4.57 Å². The second kappa shape index (κ2) is 7.85. The first-order valence-corrected chi connectivity index (χ1v) is 9.98. The van der Waals surface area contributed by atoms with Gasteiger partial charge in [-0.2, -0.15) is 10.4 Å². The number of rotatable bonds is 7. The van der Waals surface area contributed by atoms with Crippen molar-refractivity contribution in [3.05, 3.63) is 76.0 Å². The molecule has 0 radical (unpaired) electrons. The molecule has 0 atom stereocenters. The van der Waals surface area contributed by atoms with Gasteiger partial charge in [-0.1, -0.05) is 55.8 Å². The Morgan fingerprint density at radius 3 is 2.57 bits per heavy atom. The van der Waals surface area contributed by atoms with E-state index in [4.69, 9.17) is 0 Å². The highest BCUT2D eigenvalue weighted by molar-refractivity contribution is 5.70. The Bertz CT molecular complexity index is 1070. The predicted molar refractivity (Wildman–Crippen MR) is 109 cm³/mol. The summed E-state index contributed by atoms with van der Waals surface area (Å²) in [7, 11) is 0. The van der Waals surface area contributed by atoms with E-state index in [0.717, 1.165) is 54.6 Å². The Kier molecular flexibility index (Phi) is 5.12. The first kappa shape index (κ1) is 18.2. The van der Waals surface area contributed by atoms with Gasteiger partial charge in [0, 0.05) is 6.42 Å². The SMILES string of the molecule is CCCCc1nn(C2CC2)c(=O)n1Cc1ccc(-c2ccccc2C#N)cc1.